The number of Topliss-reactive ketones (excluding diaryl/α,β-unsaturated/α-hetero) is 1. The van der Waals surface area contributed by atoms with Gasteiger partial charge in [-0.15, -0.1) is 0 Å². The number of hydrogen-bond donors (Lipinski definition) is 2. The number of amides is 1. The lowest BCUT2D eigenvalue weighted by Gasteiger charge is -2.27. The van der Waals surface area contributed by atoms with Crippen molar-refractivity contribution in [2.45, 2.75) is 73.8 Å². The largest absolute Gasteiger partial charge is 0.480 e. The smallest absolute Gasteiger partial charge is 0.326 e. The van der Waals surface area contributed by atoms with Gasteiger partial charge in [-0.25, -0.2) is 4.79 Å². The molecule has 0 fully saturated rings. The summed E-state index contributed by atoms with van der Waals surface area (Å²) in [5.41, 5.74) is -1.13. The van der Waals surface area contributed by atoms with Gasteiger partial charge in [-0.05, 0) is 18.8 Å². The van der Waals surface area contributed by atoms with Crippen LogP contribution in [0.1, 0.15) is 67.7 Å². The highest BCUT2D eigenvalue weighted by atomic mass is 16.4. The summed E-state index contributed by atoms with van der Waals surface area (Å²) in [6.45, 7) is 13.1. The molecule has 0 saturated carbocycles. The van der Waals surface area contributed by atoms with Crippen molar-refractivity contribution in [3.05, 3.63) is 0 Å². The molecule has 0 heterocycles. The normalized spacial score (nSPS) is 13.8. The lowest BCUT2D eigenvalue weighted by atomic mass is 9.82. The van der Waals surface area contributed by atoms with Gasteiger partial charge in [0.1, 0.15) is 11.8 Å². The zero-order chi connectivity index (χ0) is 17.7. The van der Waals surface area contributed by atoms with Crippen LogP contribution in [0.3, 0.4) is 0 Å². The Kier molecular flexibility index (Phi) is 7.26. The molecule has 1 atom stereocenters. The summed E-state index contributed by atoms with van der Waals surface area (Å²) in [5.74, 6) is -1.05. The van der Waals surface area contributed by atoms with E-state index in [4.69, 9.17) is 0 Å². The van der Waals surface area contributed by atoms with Crippen LogP contribution in [-0.4, -0.2) is 28.8 Å². The average molecular weight is 313 g/mol. The Labute approximate surface area is 133 Å². The Morgan fingerprint density at radius 1 is 1.05 bits per heavy atom. The quantitative estimate of drug-likeness (QED) is 0.721. The van der Waals surface area contributed by atoms with Gasteiger partial charge < -0.3 is 10.4 Å². The van der Waals surface area contributed by atoms with E-state index >= 15 is 0 Å². The van der Waals surface area contributed by atoms with Gasteiger partial charge in [0, 0.05) is 17.3 Å². The molecule has 0 bridgehead atoms. The lowest BCUT2D eigenvalue weighted by Crippen LogP contribution is -2.47. The number of carboxylic acid groups (broad SMARTS) is 1. The van der Waals surface area contributed by atoms with E-state index in [1.807, 2.05) is 27.7 Å². The number of aliphatic carboxylic acids is 1. The molecule has 0 unspecified atom stereocenters. The summed E-state index contributed by atoms with van der Waals surface area (Å²) in [4.78, 5) is 35.5. The topological polar surface area (TPSA) is 83.5 Å². The molecule has 5 heteroatoms. The molecule has 0 aliphatic heterocycles. The summed E-state index contributed by atoms with van der Waals surface area (Å²) < 4.78 is 0. The van der Waals surface area contributed by atoms with Crippen LogP contribution in [0.5, 0.6) is 0 Å². The van der Waals surface area contributed by atoms with Crippen molar-refractivity contribution >= 4 is 17.7 Å². The van der Waals surface area contributed by atoms with Crippen molar-refractivity contribution in [2.75, 3.05) is 0 Å². The van der Waals surface area contributed by atoms with Crippen LogP contribution in [0, 0.1) is 16.7 Å². The number of carbonyl (C=O) groups is 3. The molecule has 0 aromatic carbocycles. The predicted molar refractivity (Wildman–Crippen MR) is 86.5 cm³/mol. The first-order valence-corrected chi connectivity index (χ1v) is 7.84. The highest BCUT2D eigenvalue weighted by Crippen LogP contribution is 2.26. The van der Waals surface area contributed by atoms with Crippen LogP contribution in [0.25, 0.3) is 0 Å². The molecule has 0 spiro atoms. The van der Waals surface area contributed by atoms with E-state index in [2.05, 4.69) is 5.32 Å². The number of nitrogens with one attached hydrogen (secondary N) is 1. The summed E-state index contributed by atoms with van der Waals surface area (Å²) in [5, 5.41) is 11.8. The highest BCUT2D eigenvalue weighted by Gasteiger charge is 2.32. The third kappa shape index (κ3) is 7.05. The van der Waals surface area contributed by atoms with E-state index in [9.17, 15) is 19.5 Å². The van der Waals surface area contributed by atoms with E-state index in [0.717, 1.165) is 0 Å². The Balaban J connectivity index is 4.76. The molecule has 0 saturated heterocycles. The molecule has 2 N–H and O–H groups in total. The SMILES string of the molecule is CC(C)CC(C)(C)C(=O)N[C@@H](CCC(=O)C(C)(C)C)C(=O)O. The number of ketones is 1. The lowest BCUT2D eigenvalue weighted by molar-refractivity contribution is -0.144. The van der Waals surface area contributed by atoms with Gasteiger partial charge in [0.05, 0.1) is 0 Å². The third-order valence-electron chi connectivity index (χ3n) is 3.63. The Morgan fingerprint density at radius 3 is 1.91 bits per heavy atom. The number of rotatable bonds is 8. The van der Waals surface area contributed by atoms with Crippen LogP contribution < -0.4 is 5.32 Å². The van der Waals surface area contributed by atoms with Gasteiger partial charge in [0.2, 0.25) is 5.91 Å². The molecule has 0 rings (SSSR count). The minimum atomic E-state index is -1.10. The minimum Gasteiger partial charge on any atom is -0.480 e. The van der Waals surface area contributed by atoms with Crippen LogP contribution >= 0.6 is 0 Å². The molecule has 5 nitrogen and oxygen atoms in total. The number of carboxylic acids is 1. The van der Waals surface area contributed by atoms with Crippen LogP contribution in [-0.2, 0) is 14.4 Å². The standard InChI is InChI=1S/C17H31NO4/c1-11(2)10-17(6,7)15(22)18-12(14(20)21)8-9-13(19)16(3,4)5/h11-12H,8-10H2,1-7H3,(H,18,22)(H,20,21)/t12-/m0/s1. The summed E-state index contributed by atoms with van der Waals surface area (Å²) >= 11 is 0. The van der Waals surface area contributed by atoms with Crippen molar-refractivity contribution in [3.8, 4) is 0 Å². The van der Waals surface area contributed by atoms with Crippen LogP contribution in [0.15, 0.2) is 0 Å². The monoisotopic (exact) mass is 313 g/mol. The molecule has 0 aromatic rings. The van der Waals surface area contributed by atoms with Crippen molar-refractivity contribution in [1.29, 1.82) is 0 Å². The molecule has 0 aliphatic rings. The van der Waals surface area contributed by atoms with Gasteiger partial charge in [-0.3, -0.25) is 9.59 Å². The molecule has 0 aliphatic carbocycles. The first-order chi connectivity index (χ1) is 9.77. The molecule has 0 radical (unpaired) electrons. The first-order valence-electron chi connectivity index (χ1n) is 7.84. The second-order valence-electron chi connectivity index (χ2n) is 8.06. The average Bonchev–Trinajstić information content (AvgIpc) is 2.30. The van der Waals surface area contributed by atoms with Crippen LogP contribution in [0.2, 0.25) is 0 Å². The molecular weight excluding hydrogens is 282 g/mol. The fourth-order valence-corrected chi connectivity index (χ4v) is 2.37. The molecule has 0 aromatic heterocycles. The van der Waals surface area contributed by atoms with Gasteiger partial charge in [-0.2, -0.15) is 0 Å². The minimum absolute atomic E-state index is 0.00515. The van der Waals surface area contributed by atoms with Crippen molar-refractivity contribution in [3.63, 3.8) is 0 Å². The predicted octanol–water partition coefficient (Wildman–Crippen LogP) is 3.02. The number of carbonyl (C=O) groups excluding carboxylic acids is 2. The second kappa shape index (κ2) is 7.75. The van der Waals surface area contributed by atoms with E-state index in [-0.39, 0.29) is 24.5 Å². The van der Waals surface area contributed by atoms with Gasteiger partial charge >= 0.3 is 5.97 Å². The van der Waals surface area contributed by atoms with E-state index < -0.39 is 22.8 Å². The first kappa shape index (κ1) is 20.6. The molecule has 1 amide bonds. The van der Waals surface area contributed by atoms with Crippen molar-refractivity contribution in [2.24, 2.45) is 16.7 Å². The van der Waals surface area contributed by atoms with Crippen molar-refractivity contribution in [1.82, 2.24) is 5.32 Å². The summed E-state index contributed by atoms with van der Waals surface area (Å²) in [6.07, 6.45) is 0.937. The fourth-order valence-electron chi connectivity index (χ4n) is 2.37. The molecule has 128 valence electrons. The maximum atomic E-state index is 12.3. The maximum absolute atomic E-state index is 12.3. The van der Waals surface area contributed by atoms with Gasteiger partial charge in [0.25, 0.3) is 0 Å². The summed E-state index contributed by atoms with van der Waals surface area (Å²) in [6, 6.07) is -1.02. The van der Waals surface area contributed by atoms with E-state index in [0.29, 0.717) is 12.3 Å². The maximum Gasteiger partial charge on any atom is 0.326 e. The van der Waals surface area contributed by atoms with E-state index in [1.165, 1.54) is 0 Å². The van der Waals surface area contributed by atoms with E-state index in [1.54, 1.807) is 20.8 Å². The third-order valence-corrected chi connectivity index (χ3v) is 3.63. The van der Waals surface area contributed by atoms with Crippen LogP contribution in [0.4, 0.5) is 0 Å². The second-order valence-corrected chi connectivity index (χ2v) is 8.06. The van der Waals surface area contributed by atoms with Gasteiger partial charge in [-0.1, -0.05) is 48.5 Å². The Bertz CT molecular complexity index is 419. The number of hydrogen-bond acceptors (Lipinski definition) is 3. The molecule has 22 heavy (non-hydrogen) atoms. The molecular formula is C17H31NO4. The Hall–Kier alpha value is -1.39. The Morgan fingerprint density at radius 2 is 1.55 bits per heavy atom. The highest BCUT2D eigenvalue weighted by molar-refractivity contribution is 5.88. The van der Waals surface area contributed by atoms with Crippen molar-refractivity contribution < 1.29 is 19.5 Å². The zero-order valence-electron chi connectivity index (χ0n) is 14.9. The fraction of sp³-hybridized carbons (Fsp3) is 0.824. The van der Waals surface area contributed by atoms with Gasteiger partial charge in [0.15, 0.2) is 0 Å². The summed E-state index contributed by atoms with van der Waals surface area (Å²) in [7, 11) is 0. The zero-order valence-corrected chi connectivity index (χ0v) is 14.9.